The lowest BCUT2D eigenvalue weighted by Gasteiger charge is -2.17. The van der Waals surface area contributed by atoms with Gasteiger partial charge in [-0.05, 0) is 40.6 Å². The minimum Gasteiger partial charge on any atom is -0.384 e. The van der Waals surface area contributed by atoms with E-state index in [0.717, 1.165) is 6.07 Å². The summed E-state index contributed by atoms with van der Waals surface area (Å²) < 4.78 is 51.3. The Morgan fingerprint density at radius 2 is 1.89 bits per heavy atom. The van der Waals surface area contributed by atoms with Gasteiger partial charge in [-0.3, -0.25) is 0 Å². The van der Waals surface area contributed by atoms with E-state index in [1.54, 1.807) is 5.38 Å². The third-order valence-corrected chi connectivity index (χ3v) is 3.17. The molecule has 0 fully saturated rings. The van der Waals surface area contributed by atoms with Gasteiger partial charge in [0.15, 0.2) is 0 Å². The van der Waals surface area contributed by atoms with Gasteiger partial charge in [0.05, 0.1) is 5.56 Å². The molecule has 0 aliphatic heterocycles. The van der Waals surface area contributed by atoms with Gasteiger partial charge in [-0.2, -0.15) is 24.5 Å². The van der Waals surface area contributed by atoms with Crippen LogP contribution in [0.25, 0.3) is 0 Å². The van der Waals surface area contributed by atoms with Gasteiger partial charge in [0.2, 0.25) is 0 Å². The normalized spacial score (nSPS) is 13.6. The summed E-state index contributed by atoms with van der Waals surface area (Å²) in [5.74, 6) is -0.813. The standard InChI is InChI=1S/C12H8F4OS/c13-8-1-2-10(12(14,15)16)9(5-8)11(17)7-3-4-18-6-7/h1-6,11,17H. The molecule has 1 heterocycles. The molecule has 1 N–H and O–H groups in total. The molecule has 18 heavy (non-hydrogen) atoms. The number of halogens is 4. The van der Waals surface area contributed by atoms with Gasteiger partial charge in [-0.1, -0.05) is 0 Å². The molecular weight excluding hydrogens is 268 g/mol. The second kappa shape index (κ2) is 4.70. The lowest BCUT2D eigenvalue weighted by Crippen LogP contribution is -2.12. The van der Waals surface area contributed by atoms with Crippen LogP contribution >= 0.6 is 11.3 Å². The van der Waals surface area contributed by atoms with Crippen molar-refractivity contribution in [1.29, 1.82) is 0 Å². The summed E-state index contributed by atoms with van der Waals surface area (Å²) in [7, 11) is 0. The number of aliphatic hydroxyl groups is 1. The molecule has 0 saturated heterocycles. The highest BCUT2D eigenvalue weighted by Crippen LogP contribution is 2.37. The summed E-state index contributed by atoms with van der Waals surface area (Å²) in [5.41, 5.74) is -1.18. The van der Waals surface area contributed by atoms with Crippen molar-refractivity contribution >= 4 is 11.3 Å². The van der Waals surface area contributed by atoms with Crippen molar-refractivity contribution in [3.05, 3.63) is 57.5 Å². The molecule has 0 spiro atoms. The van der Waals surface area contributed by atoms with Gasteiger partial charge in [0.25, 0.3) is 0 Å². The van der Waals surface area contributed by atoms with Gasteiger partial charge in [-0.15, -0.1) is 0 Å². The van der Waals surface area contributed by atoms with E-state index in [9.17, 15) is 22.7 Å². The molecule has 2 aromatic rings. The fourth-order valence-electron chi connectivity index (χ4n) is 1.63. The number of hydrogen-bond acceptors (Lipinski definition) is 2. The van der Waals surface area contributed by atoms with E-state index in [4.69, 9.17) is 0 Å². The zero-order chi connectivity index (χ0) is 13.3. The van der Waals surface area contributed by atoms with Gasteiger partial charge in [0, 0.05) is 5.56 Å². The van der Waals surface area contributed by atoms with Crippen LogP contribution in [-0.4, -0.2) is 5.11 Å². The summed E-state index contributed by atoms with van der Waals surface area (Å²) in [6.07, 6.45) is -6.11. The van der Waals surface area contributed by atoms with Crippen molar-refractivity contribution in [2.75, 3.05) is 0 Å². The Bertz CT molecular complexity index is 534. The maximum atomic E-state index is 13.1. The molecule has 0 saturated carbocycles. The SMILES string of the molecule is OC(c1ccsc1)c1cc(F)ccc1C(F)(F)F. The van der Waals surface area contributed by atoms with Gasteiger partial charge < -0.3 is 5.11 Å². The van der Waals surface area contributed by atoms with Crippen molar-refractivity contribution in [2.45, 2.75) is 12.3 Å². The Balaban J connectivity index is 2.52. The summed E-state index contributed by atoms with van der Waals surface area (Å²) in [6.45, 7) is 0. The van der Waals surface area contributed by atoms with Crippen LogP contribution in [-0.2, 0) is 6.18 Å². The van der Waals surface area contributed by atoms with Crippen molar-refractivity contribution < 1.29 is 22.7 Å². The first-order chi connectivity index (χ1) is 8.39. The molecule has 6 heteroatoms. The molecule has 0 aliphatic carbocycles. The predicted octanol–water partition coefficient (Wildman–Crippen LogP) is 3.99. The predicted molar refractivity (Wildman–Crippen MR) is 59.8 cm³/mol. The molecule has 96 valence electrons. The molecule has 0 amide bonds. The second-order valence-electron chi connectivity index (χ2n) is 3.69. The van der Waals surface area contributed by atoms with E-state index in [0.29, 0.717) is 17.7 Å². The molecule has 0 aliphatic rings. The van der Waals surface area contributed by atoms with Gasteiger partial charge >= 0.3 is 6.18 Å². The topological polar surface area (TPSA) is 20.2 Å². The third-order valence-electron chi connectivity index (χ3n) is 2.47. The molecule has 0 radical (unpaired) electrons. The molecule has 0 bridgehead atoms. The molecular formula is C12H8F4OS. The van der Waals surface area contributed by atoms with Crippen LogP contribution in [0.4, 0.5) is 17.6 Å². The Kier molecular flexibility index (Phi) is 3.41. The number of alkyl halides is 3. The first kappa shape index (κ1) is 13.0. The molecule has 1 unspecified atom stereocenters. The van der Waals surface area contributed by atoms with Crippen molar-refractivity contribution in [3.63, 3.8) is 0 Å². The lowest BCUT2D eigenvalue weighted by atomic mass is 9.98. The fraction of sp³-hybridized carbons (Fsp3) is 0.167. The third kappa shape index (κ3) is 2.54. The minimum absolute atomic E-state index is 0.316. The molecule has 1 atom stereocenters. The largest absolute Gasteiger partial charge is 0.416 e. The van der Waals surface area contributed by atoms with E-state index in [2.05, 4.69) is 0 Å². The highest BCUT2D eigenvalue weighted by atomic mass is 32.1. The summed E-state index contributed by atoms with van der Waals surface area (Å²) in [4.78, 5) is 0. The van der Waals surface area contributed by atoms with E-state index >= 15 is 0 Å². The average molecular weight is 276 g/mol. The van der Waals surface area contributed by atoms with Crippen LogP contribution in [0.1, 0.15) is 22.8 Å². The van der Waals surface area contributed by atoms with Crippen LogP contribution in [0.2, 0.25) is 0 Å². The molecule has 1 nitrogen and oxygen atoms in total. The number of thiophene rings is 1. The Labute approximate surface area is 104 Å². The second-order valence-corrected chi connectivity index (χ2v) is 4.47. The number of benzene rings is 1. The van der Waals surface area contributed by atoms with E-state index in [1.165, 1.54) is 22.8 Å². The average Bonchev–Trinajstić information content (AvgIpc) is 2.79. The van der Waals surface area contributed by atoms with Crippen molar-refractivity contribution in [2.24, 2.45) is 0 Å². The number of aliphatic hydroxyl groups excluding tert-OH is 1. The van der Waals surface area contributed by atoms with Crippen LogP contribution in [0.15, 0.2) is 35.0 Å². The molecule has 2 rings (SSSR count). The Morgan fingerprint density at radius 3 is 2.44 bits per heavy atom. The van der Waals surface area contributed by atoms with E-state index in [1.807, 2.05) is 0 Å². The first-order valence-electron chi connectivity index (χ1n) is 4.96. The van der Waals surface area contributed by atoms with Crippen molar-refractivity contribution in [1.82, 2.24) is 0 Å². The molecule has 1 aromatic carbocycles. The highest BCUT2D eigenvalue weighted by molar-refractivity contribution is 7.07. The zero-order valence-electron chi connectivity index (χ0n) is 8.91. The smallest absolute Gasteiger partial charge is 0.384 e. The first-order valence-corrected chi connectivity index (χ1v) is 5.90. The summed E-state index contributed by atoms with van der Waals surface area (Å²) in [5, 5.41) is 13.0. The Hall–Kier alpha value is -1.40. The maximum absolute atomic E-state index is 13.1. The fourth-order valence-corrected chi connectivity index (χ4v) is 2.31. The number of rotatable bonds is 2. The van der Waals surface area contributed by atoms with E-state index in [-0.39, 0.29) is 0 Å². The van der Waals surface area contributed by atoms with E-state index < -0.39 is 29.2 Å². The monoisotopic (exact) mass is 276 g/mol. The lowest BCUT2D eigenvalue weighted by molar-refractivity contribution is -0.139. The number of hydrogen-bond donors (Lipinski definition) is 1. The van der Waals surface area contributed by atoms with Gasteiger partial charge in [-0.25, -0.2) is 4.39 Å². The van der Waals surface area contributed by atoms with Gasteiger partial charge in [0.1, 0.15) is 11.9 Å². The Morgan fingerprint density at radius 1 is 1.17 bits per heavy atom. The maximum Gasteiger partial charge on any atom is 0.416 e. The highest BCUT2D eigenvalue weighted by Gasteiger charge is 2.35. The van der Waals surface area contributed by atoms with Crippen LogP contribution in [0, 0.1) is 5.82 Å². The minimum atomic E-state index is -4.62. The molecule has 1 aromatic heterocycles. The quantitative estimate of drug-likeness (QED) is 0.822. The van der Waals surface area contributed by atoms with Crippen LogP contribution < -0.4 is 0 Å². The summed E-state index contributed by atoms with van der Waals surface area (Å²) in [6, 6.07) is 3.58. The van der Waals surface area contributed by atoms with Crippen LogP contribution in [0.5, 0.6) is 0 Å². The van der Waals surface area contributed by atoms with Crippen molar-refractivity contribution in [3.8, 4) is 0 Å². The summed E-state index contributed by atoms with van der Waals surface area (Å²) >= 11 is 1.25. The van der Waals surface area contributed by atoms with Crippen LogP contribution in [0.3, 0.4) is 0 Å². The zero-order valence-corrected chi connectivity index (χ0v) is 9.73.